The third-order valence-electron chi connectivity index (χ3n) is 5.19. The number of alkyl halides is 3. The molecule has 4 aromatic carbocycles. The summed E-state index contributed by atoms with van der Waals surface area (Å²) < 4.78 is 98.0. The van der Waals surface area contributed by atoms with Gasteiger partial charge in [0, 0.05) is 0 Å². The van der Waals surface area contributed by atoms with Gasteiger partial charge in [0.25, 0.3) is 0 Å². The Balaban J connectivity index is 1.74. The Morgan fingerprint density at radius 3 is 1.76 bits per heavy atom. The van der Waals surface area contributed by atoms with Crippen molar-refractivity contribution < 1.29 is 35.5 Å². The Kier molecular flexibility index (Phi) is 5.78. The molecule has 1 nitrogen and oxygen atoms in total. The van der Waals surface area contributed by atoms with Crippen LogP contribution in [0, 0.1) is 23.3 Å². The molecule has 0 fully saturated rings. The van der Waals surface area contributed by atoms with Crippen molar-refractivity contribution in [3.05, 3.63) is 89.5 Å². The lowest BCUT2D eigenvalue weighted by molar-refractivity contribution is -0.276. The van der Waals surface area contributed by atoms with Crippen molar-refractivity contribution >= 4 is 10.8 Å². The molecule has 0 saturated heterocycles. The topological polar surface area (TPSA) is 9.23 Å². The number of benzene rings is 4. The Morgan fingerprint density at radius 1 is 0.636 bits per heavy atom. The Bertz CT molecular complexity index is 1310. The summed E-state index contributed by atoms with van der Waals surface area (Å²) in [4.78, 5) is 0. The number of halogens is 7. The van der Waals surface area contributed by atoms with Crippen molar-refractivity contribution in [2.24, 2.45) is 0 Å². The Morgan fingerprint density at radius 2 is 1.18 bits per heavy atom. The van der Waals surface area contributed by atoms with Crippen molar-refractivity contribution in [2.75, 3.05) is 0 Å². The molecule has 0 spiro atoms. The Labute approximate surface area is 184 Å². The van der Waals surface area contributed by atoms with E-state index >= 15 is 0 Å². The molecule has 0 aliphatic rings. The molecule has 0 aromatic heterocycles. The van der Waals surface area contributed by atoms with E-state index in [9.17, 15) is 30.7 Å². The van der Waals surface area contributed by atoms with Gasteiger partial charge >= 0.3 is 6.36 Å². The van der Waals surface area contributed by atoms with Crippen molar-refractivity contribution in [2.45, 2.75) is 19.7 Å². The highest BCUT2D eigenvalue weighted by Crippen LogP contribution is 2.36. The highest BCUT2D eigenvalue weighted by molar-refractivity contribution is 5.88. The third-order valence-corrected chi connectivity index (χ3v) is 5.19. The van der Waals surface area contributed by atoms with Gasteiger partial charge in [-0.25, -0.2) is 17.6 Å². The molecule has 33 heavy (non-hydrogen) atoms. The molecule has 0 amide bonds. The fourth-order valence-corrected chi connectivity index (χ4v) is 3.63. The Hall–Kier alpha value is -3.55. The van der Waals surface area contributed by atoms with E-state index in [4.69, 9.17) is 0 Å². The quantitative estimate of drug-likeness (QED) is 0.277. The first kappa shape index (κ1) is 22.6. The number of rotatable bonds is 4. The predicted molar refractivity (Wildman–Crippen MR) is 111 cm³/mol. The minimum Gasteiger partial charge on any atom is -0.399 e. The molecule has 4 rings (SSSR count). The molecule has 8 heteroatoms. The van der Waals surface area contributed by atoms with Crippen LogP contribution in [0.5, 0.6) is 5.75 Å². The van der Waals surface area contributed by atoms with Crippen molar-refractivity contribution in [1.29, 1.82) is 0 Å². The lowest BCUT2D eigenvalue weighted by Gasteiger charge is -2.13. The summed E-state index contributed by atoms with van der Waals surface area (Å²) in [6, 6.07) is 13.9. The smallest absolute Gasteiger partial charge is 0.399 e. The number of ether oxygens (including phenoxy) is 1. The van der Waals surface area contributed by atoms with E-state index in [-0.39, 0.29) is 5.56 Å². The largest absolute Gasteiger partial charge is 0.573 e. The maximum Gasteiger partial charge on any atom is 0.573 e. The van der Waals surface area contributed by atoms with Crippen LogP contribution in [0.2, 0.25) is 0 Å². The minimum atomic E-state index is -5.33. The molecule has 0 aliphatic carbocycles. The van der Waals surface area contributed by atoms with Crippen LogP contribution in [0.15, 0.2) is 60.7 Å². The summed E-state index contributed by atoms with van der Waals surface area (Å²) >= 11 is 0. The van der Waals surface area contributed by atoms with Crippen molar-refractivity contribution in [1.82, 2.24) is 0 Å². The van der Waals surface area contributed by atoms with E-state index in [1.165, 1.54) is 0 Å². The van der Waals surface area contributed by atoms with Crippen LogP contribution < -0.4 is 4.74 Å². The number of hydrogen-bond acceptors (Lipinski definition) is 1. The van der Waals surface area contributed by atoms with E-state index in [1.807, 2.05) is 31.2 Å². The van der Waals surface area contributed by atoms with Gasteiger partial charge < -0.3 is 4.74 Å². The van der Waals surface area contributed by atoms with Gasteiger partial charge in [-0.1, -0.05) is 37.3 Å². The molecule has 0 atom stereocenters. The second-order valence-corrected chi connectivity index (χ2v) is 7.38. The molecule has 0 aliphatic heterocycles. The first-order chi connectivity index (χ1) is 15.6. The molecule has 0 saturated carbocycles. The van der Waals surface area contributed by atoms with E-state index in [1.54, 1.807) is 12.1 Å². The number of aryl methyl sites for hydroxylation is 1. The van der Waals surface area contributed by atoms with Crippen LogP contribution in [0.25, 0.3) is 33.0 Å². The van der Waals surface area contributed by atoms with Gasteiger partial charge in [0.2, 0.25) is 5.75 Å². The average molecular weight is 464 g/mol. The number of hydrogen-bond donors (Lipinski definition) is 0. The second-order valence-electron chi connectivity index (χ2n) is 7.38. The maximum atomic E-state index is 14.8. The molecule has 0 unspecified atom stereocenters. The van der Waals surface area contributed by atoms with Gasteiger partial charge in [-0.05, 0) is 69.8 Å². The van der Waals surface area contributed by atoms with E-state index < -0.39 is 46.5 Å². The van der Waals surface area contributed by atoms with Gasteiger partial charge in [-0.3, -0.25) is 0 Å². The van der Waals surface area contributed by atoms with E-state index in [0.717, 1.165) is 34.9 Å². The highest BCUT2D eigenvalue weighted by Gasteiger charge is 2.34. The van der Waals surface area contributed by atoms with Crippen LogP contribution in [-0.4, -0.2) is 6.36 Å². The minimum absolute atomic E-state index is 0.188. The van der Waals surface area contributed by atoms with Gasteiger partial charge in [0.15, 0.2) is 11.6 Å². The second kappa shape index (κ2) is 8.42. The molecule has 0 bridgehead atoms. The zero-order chi connectivity index (χ0) is 23.9. The van der Waals surface area contributed by atoms with Crippen LogP contribution in [0.3, 0.4) is 0 Å². The van der Waals surface area contributed by atoms with Crippen LogP contribution in [0.1, 0.15) is 12.5 Å². The van der Waals surface area contributed by atoms with E-state index in [2.05, 4.69) is 4.74 Å². The summed E-state index contributed by atoms with van der Waals surface area (Å²) in [5.41, 5.74) is 0.466. The third kappa shape index (κ3) is 4.65. The predicted octanol–water partition coefficient (Wildman–Crippen LogP) is 8.19. The monoisotopic (exact) mass is 464 g/mol. The van der Waals surface area contributed by atoms with E-state index in [0.29, 0.717) is 17.7 Å². The molecule has 4 aromatic rings. The van der Waals surface area contributed by atoms with Crippen LogP contribution in [-0.2, 0) is 6.42 Å². The average Bonchev–Trinajstić information content (AvgIpc) is 2.74. The van der Waals surface area contributed by atoms with Gasteiger partial charge in [-0.15, -0.1) is 13.2 Å². The summed E-state index contributed by atoms with van der Waals surface area (Å²) in [5, 5.41) is 1.82. The summed E-state index contributed by atoms with van der Waals surface area (Å²) in [6.45, 7) is 2.03. The van der Waals surface area contributed by atoms with Crippen molar-refractivity contribution in [3.63, 3.8) is 0 Å². The first-order valence-corrected chi connectivity index (χ1v) is 9.83. The maximum absolute atomic E-state index is 14.8. The van der Waals surface area contributed by atoms with Gasteiger partial charge in [0.1, 0.15) is 11.6 Å². The lowest BCUT2D eigenvalue weighted by Crippen LogP contribution is -2.19. The summed E-state index contributed by atoms with van der Waals surface area (Å²) in [7, 11) is 0. The van der Waals surface area contributed by atoms with Gasteiger partial charge in [-0.2, -0.15) is 0 Å². The zero-order valence-electron chi connectivity index (χ0n) is 17.0. The summed E-state index contributed by atoms with van der Waals surface area (Å²) in [5.74, 6) is -7.45. The highest BCUT2D eigenvalue weighted by atomic mass is 19.4. The zero-order valence-corrected chi connectivity index (χ0v) is 17.0. The van der Waals surface area contributed by atoms with Crippen LogP contribution in [0.4, 0.5) is 30.7 Å². The van der Waals surface area contributed by atoms with Gasteiger partial charge in [0.05, 0.1) is 5.56 Å². The lowest BCUT2D eigenvalue weighted by atomic mass is 9.96. The molecule has 0 radical (unpaired) electrons. The fourth-order valence-electron chi connectivity index (χ4n) is 3.63. The first-order valence-electron chi connectivity index (χ1n) is 9.83. The molecule has 0 N–H and O–H groups in total. The molecular weight excluding hydrogens is 449 g/mol. The van der Waals surface area contributed by atoms with Crippen molar-refractivity contribution in [3.8, 4) is 28.0 Å². The molecular formula is C25H15F7O. The van der Waals surface area contributed by atoms with Crippen LogP contribution >= 0.6 is 0 Å². The summed E-state index contributed by atoms with van der Waals surface area (Å²) in [6.07, 6.45) is -4.47. The SMILES string of the molecule is CCc1ccc2cc(-c3cc(F)c(-c4cc(F)c(OC(F)(F)F)c(F)c4)c(F)c3)ccc2c1. The standard InChI is InChI=1S/C25H15F7O/c1-2-13-3-4-15-8-16(6-5-14(15)7-13)17-9-19(26)23(20(27)10-17)18-11-21(28)24(22(29)12-18)33-25(30,31)32/h3-12H,2H2,1H3. The molecule has 0 heterocycles. The molecule has 170 valence electrons. The fraction of sp³-hybridized carbons (Fsp3) is 0.120. The number of fused-ring (bicyclic) bond motifs is 1. The normalized spacial score (nSPS) is 11.8.